The number of aliphatic carboxylic acids is 1. The summed E-state index contributed by atoms with van der Waals surface area (Å²) in [6, 6.07) is 7.20. The van der Waals surface area contributed by atoms with Crippen molar-refractivity contribution in [1.82, 2.24) is 14.8 Å². The van der Waals surface area contributed by atoms with E-state index in [4.69, 9.17) is 4.74 Å². The number of carbonyl (C=O) groups excluding carboxylic acids is 1. The van der Waals surface area contributed by atoms with Gasteiger partial charge in [0.2, 0.25) is 5.91 Å². The summed E-state index contributed by atoms with van der Waals surface area (Å²) in [5, 5.41) is 11.3. The molecule has 2 aromatic carbocycles. The highest BCUT2D eigenvalue weighted by atomic mass is 19.2. The van der Waals surface area contributed by atoms with Gasteiger partial charge >= 0.3 is 5.97 Å². The highest BCUT2D eigenvalue weighted by molar-refractivity contribution is 5.92. The van der Waals surface area contributed by atoms with Crippen LogP contribution >= 0.6 is 0 Å². The summed E-state index contributed by atoms with van der Waals surface area (Å²) in [4.78, 5) is 32.0. The zero-order valence-electron chi connectivity index (χ0n) is 22.2. The first-order valence-electron chi connectivity index (χ1n) is 13.5. The van der Waals surface area contributed by atoms with Crippen molar-refractivity contribution < 1.29 is 32.6 Å². The van der Waals surface area contributed by atoms with Gasteiger partial charge in [-0.05, 0) is 92.6 Å². The number of piperidine rings is 2. The average molecular weight is 556 g/mol. The van der Waals surface area contributed by atoms with Gasteiger partial charge in [-0.25, -0.2) is 13.2 Å². The molecule has 7 nitrogen and oxygen atoms in total. The summed E-state index contributed by atoms with van der Waals surface area (Å²) >= 11 is 0. The van der Waals surface area contributed by atoms with Crippen molar-refractivity contribution in [3.05, 3.63) is 71.2 Å². The molecule has 3 heterocycles. The summed E-state index contributed by atoms with van der Waals surface area (Å²) in [7, 11) is 1.65. The summed E-state index contributed by atoms with van der Waals surface area (Å²) in [5.41, 5.74) is 2.06. The van der Waals surface area contributed by atoms with E-state index in [0.717, 1.165) is 53.8 Å². The van der Waals surface area contributed by atoms with Gasteiger partial charge in [0.05, 0.1) is 7.11 Å². The Kier molecular flexibility index (Phi) is 8.16. The number of likely N-dealkylation sites (tertiary alicyclic amines) is 2. The summed E-state index contributed by atoms with van der Waals surface area (Å²) < 4.78 is 45.9. The summed E-state index contributed by atoms with van der Waals surface area (Å²) in [5.74, 6) is -4.45. The van der Waals surface area contributed by atoms with Crippen molar-refractivity contribution in [2.45, 2.75) is 37.6 Å². The topological polar surface area (TPSA) is 85.9 Å². The molecule has 212 valence electrons. The van der Waals surface area contributed by atoms with Crippen LogP contribution < -0.4 is 4.74 Å². The number of aromatic nitrogens is 1. The normalized spacial score (nSPS) is 18.4. The highest BCUT2D eigenvalue weighted by Crippen LogP contribution is 2.36. The Morgan fingerprint density at radius 2 is 1.75 bits per heavy atom. The first-order valence-corrected chi connectivity index (χ1v) is 13.5. The molecule has 2 aliphatic rings. The van der Waals surface area contributed by atoms with Crippen LogP contribution in [0.2, 0.25) is 0 Å². The van der Waals surface area contributed by atoms with Gasteiger partial charge < -0.3 is 19.7 Å². The number of H-pyrrole nitrogens is 1. The van der Waals surface area contributed by atoms with Gasteiger partial charge in [0.25, 0.3) is 0 Å². The largest absolute Gasteiger partial charge is 0.497 e. The lowest BCUT2D eigenvalue weighted by Crippen LogP contribution is -2.52. The number of carbonyl (C=O) groups is 2. The molecule has 0 aliphatic carbocycles. The number of rotatable bonds is 7. The molecule has 1 amide bonds. The minimum Gasteiger partial charge on any atom is -0.497 e. The van der Waals surface area contributed by atoms with Crippen LogP contribution in [0.3, 0.4) is 0 Å². The number of hydrogen-bond donors (Lipinski definition) is 2. The quantitative estimate of drug-likeness (QED) is 0.310. The van der Waals surface area contributed by atoms with Crippen LogP contribution in [0.4, 0.5) is 13.2 Å². The van der Waals surface area contributed by atoms with Gasteiger partial charge in [0.15, 0.2) is 17.5 Å². The van der Waals surface area contributed by atoms with Crippen LogP contribution in [0.1, 0.15) is 42.7 Å². The average Bonchev–Trinajstić information content (AvgIpc) is 3.39. The smallest absolute Gasteiger partial charge is 0.321 e. The number of hydrogen-bond acceptors (Lipinski definition) is 4. The van der Waals surface area contributed by atoms with Crippen LogP contribution in [0, 0.1) is 23.4 Å². The molecule has 10 heteroatoms. The Morgan fingerprint density at radius 1 is 1.02 bits per heavy atom. The predicted octanol–water partition coefficient (Wildman–Crippen LogP) is 5.18. The number of fused-ring (bicyclic) bond motifs is 1. The van der Waals surface area contributed by atoms with Gasteiger partial charge in [-0.15, -0.1) is 0 Å². The molecule has 2 aliphatic heterocycles. The second-order valence-electron chi connectivity index (χ2n) is 10.5. The number of amides is 1. The lowest BCUT2D eigenvalue weighted by atomic mass is 9.84. The molecule has 0 spiro atoms. The van der Waals surface area contributed by atoms with E-state index in [0.29, 0.717) is 44.9 Å². The molecule has 0 bridgehead atoms. The summed E-state index contributed by atoms with van der Waals surface area (Å²) in [6.07, 6.45) is 7.04. The SMILES string of the molecule is COc1ccc2[nH]cc(C3CCN(C(C(=O)O)C4CCN(C(=O)C=Cc5ccc(F)c(F)c5F)CC4)CC3)c2c1. The maximum absolute atomic E-state index is 13.9. The third kappa shape index (κ3) is 5.58. The first kappa shape index (κ1) is 27.8. The number of methoxy groups -OCH3 is 1. The van der Waals surface area contributed by atoms with Gasteiger partial charge in [-0.1, -0.05) is 0 Å². The number of carboxylic acid groups (broad SMARTS) is 1. The van der Waals surface area contributed by atoms with Gasteiger partial charge in [-0.2, -0.15) is 0 Å². The molecule has 3 aromatic rings. The highest BCUT2D eigenvalue weighted by Gasteiger charge is 2.38. The minimum atomic E-state index is -1.58. The lowest BCUT2D eigenvalue weighted by molar-refractivity contribution is -0.147. The van der Waals surface area contributed by atoms with Gasteiger partial charge in [0, 0.05) is 41.8 Å². The molecule has 40 heavy (non-hydrogen) atoms. The van der Waals surface area contributed by atoms with E-state index in [1.54, 1.807) is 12.0 Å². The Bertz CT molecular complexity index is 1420. The fraction of sp³-hybridized carbons (Fsp3) is 0.400. The number of nitrogens with one attached hydrogen (secondary N) is 1. The lowest BCUT2D eigenvalue weighted by Gasteiger charge is -2.41. The maximum Gasteiger partial charge on any atom is 0.321 e. The molecule has 2 N–H and O–H groups in total. The predicted molar refractivity (Wildman–Crippen MR) is 144 cm³/mol. The molecular formula is C30H32F3N3O4. The molecule has 5 rings (SSSR count). The van der Waals surface area contributed by atoms with E-state index in [9.17, 15) is 27.9 Å². The van der Waals surface area contributed by atoms with Crippen molar-refractivity contribution in [2.24, 2.45) is 5.92 Å². The minimum absolute atomic E-state index is 0.108. The molecular weight excluding hydrogens is 523 g/mol. The molecule has 0 radical (unpaired) electrons. The molecule has 2 fully saturated rings. The third-order valence-corrected chi connectivity index (χ3v) is 8.31. The standard InChI is InChI=1S/C30H32F3N3O4/c1-40-21-4-6-25-22(16-21)23(17-34-25)18-8-14-36(15-9-18)29(30(38)39)20-10-12-35(13-11-20)26(37)7-3-19-2-5-24(31)28(33)27(19)32/h2-7,16-18,20,29,34H,8-15H2,1H3,(H,38,39). The van der Waals surface area contributed by atoms with Gasteiger partial charge in [0.1, 0.15) is 11.8 Å². The van der Waals surface area contributed by atoms with Crippen LogP contribution in [-0.4, -0.2) is 71.1 Å². The maximum atomic E-state index is 13.9. The number of ether oxygens (including phenoxy) is 1. The molecule has 0 saturated carbocycles. The van der Waals surface area contributed by atoms with Crippen LogP contribution in [-0.2, 0) is 9.59 Å². The molecule has 2 saturated heterocycles. The molecule has 1 unspecified atom stereocenters. The molecule has 1 aromatic heterocycles. The van der Waals surface area contributed by atoms with E-state index in [-0.39, 0.29) is 17.4 Å². The van der Waals surface area contributed by atoms with Crippen LogP contribution in [0.5, 0.6) is 5.75 Å². The Labute approximate surface area is 230 Å². The summed E-state index contributed by atoms with van der Waals surface area (Å²) in [6.45, 7) is 2.07. The van der Waals surface area contributed by atoms with E-state index in [2.05, 4.69) is 9.88 Å². The van der Waals surface area contributed by atoms with Crippen molar-refractivity contribution in [3.8, 4) is 5.75 Å². The van der Waals surface area contributed by atoms with E-state index in [1.807, 2.05) is 24.4 Å². The monoisotopic (exact) mass is 555 g/mol. The Balaban J connectivity index is 1.18. The molecule has 1 atom stereocenters. The second-order valence-corrected chi connectivity index (χ2v) is 10.5. The zero-order chi connectivity index (χ0) is 28.4. The number of benzene rings is 2. The van der Waals surface area contributed by atoms with E-state index < -0.39 is 29.5 Å². The van der Waals surface area contributed by atoms with Crippen molar-refractivity contribution >= 4 is 28.9 Å². The fourth-order valence-corrected chi connectivity index (χ4v) is 6.10. The number of nitrogens with zero attached hydrogens (tertiary/aromatic N) is 2. The third-order valence-electron chi connectivity index (χ3n) is 8.31. The number of carboxylic acids is 1. The van der Waals surface area contributed by atoms with Crippen molar-refractivity contribution in [1.29, 1.82) is 0 Å². The second kappa shape index (κ2) is 11.8. The van der Waals surface area contributed by atoms with Crippen molar-refractivity contribution in [3.63, 3.8) is 0 Å². The van der Waals surface area contributed by atoms with Crippen LogP contribution in [0.15, 0.2) is 42.6 Å². The Hall–Kier alpha value is -3.79. The first-order chi connectivity index (χ1) is 19.3. The van der Waals surface area contributed by atoms with Crippen LogP contribution in [0.25, 0.3) is 17.0 Å². The Morgan fingerprint density at radius 3 is 2.42 bits per heavy atom. The zero-order valence-corrected chi connectivity index (χ0v) is 22.2. The van der Waals surface area contributed by atoms with Crippen molar-refractivity contribution in [2.75, 3.05) is 33.3 Å². The van der Waals surface area contributed by atoms with E-state index in [1.165, 1.54) is 5.56 Å². The number of halogens is 3. The fourth-order valence-electron chi connectivity index (χ4n) is 6.10. The number of aromatic amines is 1. The van der Waals surface area contributed by atoms with E-state index >= 15 is 0 Å². The van der Waals surface area contributed by atoms with Gasteiger partial charge in [-0.3, -0.25) is 14.5 Å².